The average Bonchev–Trinajstić information content (AvgIpc) is 3.08. The fourth-order valence-corrected chi connectivity index (χ4v) is 3.89. The summed E-state index contributed by atoms with van der Waals surface area (Å²) in [6.07, 6.45) is 7.66. The molecule has 29 heavy (non-hydrogen) atoms. The van der Waals surface area contributed by atoms with Crippen molar-refractivity contribution in [1.29, 1.82) is 0 Å². The van der Waals surface area contributed by atoms with Crippen LogP contribution < -0.4 is 10.5 Å². The van der Waals surface area contributed by atoms with E-state index < -0.39 is 0 Å². The summed E-state index contributed by atoms with van der Waals surface area (Å²) in [5.41, 5.74) is 17.4. The first kappa shape index (κ1) is 19.1. The second-order valence-electron chi connectivity index (χ2n) is 7.53. The lowest BCUT2D eigenvalue weighted by Gasteiger charge is -2.33. The van der Waals surface area contributed by atoms with Crippen LogP contribution in [0.5, 0.6) is 5.75 Å². The van der Waals surface area contributed by atoms with Crippen LogP contribution in [0.2, 0.25) is 0 Å². The Kier molecular flexibility index (Phi) is 5.53. The van der Waals surface area contributed by atoms with Crippen LogP contribution in [0.25, 0.3) is 27.2 Å². The van der Waals surface area contributed by atoms with Crippen LogP contribution in [-0.2, 0) is 0 Å². The predicted octanol–water partition coefficient (Wildman–Crippen LogP) is 4.96. The number of hydrogen-bond donors (Lipinski definition) is 1. The Hall–Kier alpha value is -3.25. The van der Waals surface area contributed by atoms with Gasteiger partial charge >= 0.3 is 0 Å². The Labute approximate surface area is 169 Å². The van der Waals surface area contributed by atoms with Crippen molar-refractivity contribution < 1.29 is 4.74 Å². The largest absolute Gasteiger partial charge is 0.494 e. The minimum Gasteiger partial charge on any atom is -0.494 e. The number of rotatable bonds is 8. The number of nitrogens with two attached hydrogens (primary N) is 1. The van der Waals surface area contributed by atoms with Crippen molar-refractivity contribution >= 4 is 11.3 Å². The Morgan fingerprint density at radius 1 is 1.38 bits per heavy atom. The van der Waals surface area contributed by atoms with Crippen LogP contribution in [0.4, 0.5) is 5.82 Å². The van der Waals surface area contributed by atoms with Gasteiger partial charge in [0, 0.05) is 35.3 Å². The van der Waals surface area contributed by atoms with Crippen molar-refractivity contribution in [3.63, 3.8) is 0 Å². The number of unbranched alkanes of at least 4 members (excludes halogenated alkanes) is 1. The van der Waals surface area contributed by atoms with Crippen LogP contribution in [-0.4, -0.2) is 27.5 Å². The number of hydrogen-bond acceptors (Lipinski definition) is 5. The molecule has 2 heterocycles. The van der Waals surface area contributed by atoms with E-state index in [0.717, 1.165) is 54.0 Å². The Balaban J connectivity index is 1.67. The maximum Gasteiger partial charge on any atom is 0.150 e. The Bertz CT molecular complexity index is 1050. The van der Waals surface area contributed by atoms with Crippen molar-refractivity contribution in [2.24, 2.45) is 11.0 Å². The summed E-state index contributed by atoms with van der Waals surface area (Å²) >= 11 is 0. The van der Waals surface area contributed by atoms with E-state index in [0.29, 0.717) is 30.8 Å². The number of nitrogens with zero attached hydrogens (tertiary/aromatic N) is 6. The van der Waals surface area contributed by atoms with E-state index in [2.05, 4.69) is 26.3 Å². The molecule has 0 amide bonds. The topological polar surface area (TPSA) is 114 Å². The molecule has 8 heteroatoms. The summed E-state index contributed by atoms with van der Waals surface area (Å²) < 4.78 is 7.92. The van der Waals surface area contributed by atoms with Crippen LogP contribution in [0.1, 0.15) is 44.3 Å². The van der Waals surface area contributed by atoms with Crippen LogP contribution in [0, 0.1) is 5.92 Å². The predicted molar refractivity (Wildman–Crippen MR) is 113 cm³/mol. The van der Waals surface area contributed by atoms with E-state index in [1.54, 1.807) is 6.20 Å². The second-order valence-corrected chi connectivity index (χ2v) is 7.53. The number of anilines is 1. The summed E-state index contributed by atoms with van der Waals surface area (Å²) in [7, 11) is 0. The molecule has 0 radical (unpaired) electrons. The van der Waals surface area contributed by atoms with Gasteiger partial charge in [0.05, 0.1) is 6.61 Å². The van der Waals surface area contributed by atoms with Gasteiger partial charge in [0.1, 0.15) is 28.6 Å². The molecule has 1 aromatic carbocycles. The molecule has 0 saturated heterocycles. The third kappa shape index (κ3) is 3.84. The zero-order valence-corrected chi connectivity index (χ0v) is 16.5. The van der Waals surface area contributed by atoms with Crippen molar-refractivity contribution in [1.82, 2.24) is 14.4 Å². The molecule has 0 aliphatic heterocycles. The van der Waals surface area contributed by atoms with Gasteiger partial charge in [-0.2, -0.15) is 0 Å². The minimum atomic E-state index is 0.320. The number of nitrogen functional groups attached to an aromatic ring is 1. The number of ether oxygens (including phenoxy) is 1. The van der Waals surface area contributed by atoms with E-state index in [9.17, 15) is 0 Å². The van der Waals surface area contributed by atoms with E-state index in [1.165, 1.54) is 0 Å². The first-order valence-electron chi connectivity index (χ1n) is 10.1. The molecule has 1 fully saturated rings. The quantitative estimate of drug-likeness (QED) is 0.253. The van der Waals surface area contributed by atoms with E-state index >= 15 is 0 Å². The van der Waals surface area contributed by atoms with Crippen LogP contribution in [0.15, 0.2) is 41.8 Å². The zero-order chi connectivity index (χ0) is 20.2. The highest BCUT2D eigenvalue weighted by Crippen LogP contribution is 2.43. The molecule has 2 aromatic heterocycles. The molecular formula is C21H25N7O. The van der Waals surface area contributed by atoms with Crippen molar-refractivity contribution in [2.45, 2.75) is 38.5 Å². The fraction of sp³-hybridized carbons (Fsp3) is 0.429. The Morgan fingerprint density at radius 3 is 3.03 bits per heavy atom. The lowest BCUT2D eigenvalue weighted by Crippen LogP contribution is -2.25. The monoisotopic (exact) mass is 391 g/mol. The van der Waals surface area contributed by atoms with Crippen molar-refractivity contribution in [3.8, 4) is 17.0 Å². The maximum absolute atomic E-state index is 8.52. The molecule has 8 nitrogen and oxygen atoms in total. The minimum absolute atomic E-state index is 0.320. The number of benzene rings is 1. The maximum atomic E-state index is 8.52. The molecule has 3 aromatic rings. The molecular weight excluding hydrogens is 366 g/mol. The van der Waals surface area contributed by atoms with E-state index in [4.69, 9.17) is 21.0 Å². The zero-order valence-electron chi connectivity index (χ0n) is 16.5. The molecule has 2 N–H and O–H groups in total. The summed E-state index contributed by atoms with van der Waals surface area (Å²) in [5.74, 6) is 3.02. The number of azide groups is 1. The molecule has 1 aliphatic rings. The van der Waals surface area contributed by atoms with Gasteiger partial charge in [-0.05, 0) is 42.8 Å². The number of aromatic nitrogens is 3. The fourth-order valence-electron chi connectivity index (χ4n) is 3.89. The van der Waals surface area contributed by atoms with Crippen LogP contribution in [0.3, 0.4) is 0 Å². The summed E-state index contributed by atoms with van der Waals surface area (Å²) in [5, 5.41) is 3.70. The van der Waals surface area contributed by atoms with Gasteiger partial charge in [0.15, 0.2) is 0 Å². The first-order valence-corrected chi connectivity index (χ1v) is 10.1. The molecule has 0 bridgehead atoms. The van der Waals surface area contributed by atoms with Gasteiger partial charge in [-0.15, -0.1) is 0 Å². The molecule has 4 rings (SSSR count). The Morgan fingerprint density at radius 2 is 2.24 bits per heavy atom. The first-order chi connectivity index (χ1) is 14.2. The highest BCUT2D eigenvalue weighted by atomic mass is 16.5. The van der Waals surface area contributed by atoms with Gasteiger partial charge in [-0.3, -0.25) is 4.40 Å². The van der Waals surface area contributed by atoms with Gasteiger partial charge < -0.3 is 10.5 Å². The third-order valence-electron chi connectivity index (χ3n) is 5.49. The highest BCUT2D eigenvalue weighted by Gasteiger charge is 2.33. The highest BCUT2D eigenvalue weighted by molar-refractivity contribution is 5.85. The third-order valence-corrected chi connectivity index (χ3v) is 5.49. The standard InChI is InChI=1S/C21H25N7O/c1-2-3-9-29-17-6-4-5-15(12-17)18-19-20(22)24-7-8-28(19)21(26-18)16-10-14(11-16)13-25-27-23/h4-8,12,14,16H,2-3,9-11,13H2,1H3,(H2,22,24)/t14-,16+. The normalized spacial score (nSPS) is 18.2. The molecule has 150 valence electrons. The van der Waals surface area contributed by atoms with Crippen LogP contribution >= 0.6 is 0 Å². The smallest absolute Gasteiger partial charge is 0.150 e. The molecule has 0 atom stereocenters. The lowest BCUT2D eigenvalue weighted by atomic mass is 9.74. The molecule has 1 aliphatic carbocycles. The van der Waals surface area contributed by atoms with Crippen molar-refractivity contribution in [2.75, 3.05) is 18.9 Å². The second kappa shape index (κ2) is 8.41. The number of fused-ring (bicyclic) bond motifs is 1. The van der Waals surface area contributed by atoms with Gasteiger partial charge in [-0.25, -0.2) is 9.97 Å². The summed E-state index contributed by atoms with van der Waals surface area (Å²) in [6, 6.07) is 7.98. The molecule has 0 spiro atoms. The summed E-state index contributed by atoms with van der Waals surface area (Å²) in [6.45, 7) is 3.39. The van der Waals surface area contributed by atoms with Gasteiger partial charge in [0.2, 0.25) is 0 Å². The van der Waals surface area contributed by atoms with Crippen molar-refractivity contribution in [3.05, 3.63) is 52.9 Å². The van der Waals surface area contributed by atoms with Gasteiger partial charge in [0.25, 0.3) is 0 Å². The molecule has 0 unspecified atom stereocenters. The lowest BCUT2D eigenvalue weighted by molar-refractivity contribution is 0.262. The summed E-state index contributed by atoms with van der Waals surface area (Å²) in [4.78, 5) is 12.1. The molecule has 1 saturated carbocycles. The van der Waals surface area contributed by atoms with E-state index in [1.807, 2.05) is 30.5 Å². The van der Waals surface area contributed by atoms with Gasteiger partial charge in [-0.1, -0.05) is 30.6 Å². The average molecular weight is 391 g/mol. The SMILES string of the molecule is CCCCOc1cccc(-c2nc([C@H]3C[C@@H](CN=[N+]=[N-])C3)n3ccnc(N)c23)c1. The number of imidazole rings is 1. The van der Waals surface area contributed by atoms with E-state index in [-0.39, 0.29) is 0 Å².